The van der Waals surface area contributed by atoms with Crippen molar-refractivity contribution >= 4 is 12.1 Å². The van der Waals surface area contributed by atoms with Gasteiger partial charge in [-0.1, -0.05) is 37.3 Å². The molecule has 0 aromatic heterocycles. The van der Waals surface area contributed by atoms with Crippen molar-refractivity contribution in [1.82, 2.24) is 4.90 Å². The van der Waals surface area contributed by atoms with Crippen LogP contribution in [-0.4, -0.2) is 36.3 Å². The van der Waals surface area contributed by atoms with E-state index in [4.69, 9.17) is 9.47 Å². The number of hydrogen-bond acceptors (Lipinski definition) is 4. The highest BCUT2D eigenvalue weighted by atomic mass is 16.7. The maximum absolute atomic E-state index is 12.6. The van der Waals surface area contributed by atoms with Crippen LogP contribution in [-0.2, 0) is 14.3 Å². The molecule has 2 fully saturated rings. The summed E-state index contributed by atoms with van der Waals surface area (Å²) in [6, 6.07) is 10.7. The zero-order valence-electron chi connectivity index (χ0n) is 15.0. The van der Waals surface area contributed by atoms with Gasteiger partial charge < -0.3 is 14.4 Å². The number of ether oxygens (including phenoxy) is 2. The van der Waals surface area contributed by atoms with Crippen LogP contribution in [0.4, 0.5) is 4.79 Å². The van der Waals surface area contributed by atoms with Gasteiger partial charge in [0.2, 0.25) is 6.79 Å². The third-order valence-electron chi connectivity index (χ3n) is 5.68. The molecule has 1 aromatic carbocycles. The van der Waals surface area contributed by atoms with Crippen LogP contribution < -0.4 is 0 Å². The van der Waals surface area contributed by atoms with Crippen LogP contribution in [0.2, 0.25) is 0 Å². The molecule has 4 unspecified atom stereocenters. The van der Waals surface area contributed by atoms with Crippen molar-refractivity contribution in [3.8, 4) is 0 Å². The number of likely N-dealkylation sites (N-methyl/N-ethyl adjacent to an activating group) is 1. The SMILES string of the molecule is CCC(=O)OCOC(=O)N(CC)C1C2CCC(C2)C1c1ccccc1. The minimum atomic E-state index is -0.384. The topological polar surface area (TPSA) is 55.8 Å². The van der Waals surface area contributed by atoms with E-state index in [1.165, 1.54) is 24.8 Å². The second kappa shape index (κ2) is 7.89. The van der Waals surface area contributed by atoms with Crippen molar-refractivity contribution in [3.05, 3.63) is 35.9 Å². The standard InChI is InChI=1S/C20H27NO4/c1-3-17(22)24-13-25-20(23)21(4-2)19-16-11-10-15(12-16)18(19)14-8-6-5-7-9-14/h5-9,15-16,18-19H,3-4,10-13H2,1-2H3. The average molecular weight is 345 g/mol. The van der Waals surface area contributed by atoms with Gasteiger partial charge in [-0.15, -0.1) is 0 Å². The van der Waals surface area contributed by atoms with Gasteiger partial charge in [0.1, 0.15) is 0 Å². The maximum atomic E-state index is 12.6. The molecule has 0 radical (unpaired) electrons. The predicted molar refractivity (Wildman–Crippen MR) is 93.9 cm³/mol. The number of esters is 1. The molecular formula is C20H27NO4. The molecule has 3 rings (SSSR count). The maximum Gasteiger partial charge on any atom is 0.412 e. The molecule has 5 heteroatoms. The molecule has 0 N–H and O–H groups in total. The first kappa shape index (κ1) is 17.8. The van der Waals surface area contributed by atoms with Gasteiger partial charge in [-0.25, -0.2) is 4.79 Å². The summed E-state index contributed by atoms with van der Waals surface area (Å²) in [5.41, 5.74) is 1.31. The van der Waals surface area contributed by atoms with Gasteiger partial charge in [0.25, 0.3) is 0 Å². The van der Waals surface area contributed by atoms with E-state index in [1.54, 1.807) is 6.92 Å². The van der Waals surface area contributed by atoms with Crippen LogP contribution in [0, 0.1) is 11.8 Å². The lowest BCUT2D eigenvalue weighted by molar-refractivity contribution is -0.152. The monoisotopic (exact) mass is 345 g/mol. The van der Waals surface area contributed by atoms with E-state index >= 15 is 0 Å². The van der Waals surface area contributed by atoms with E-state index in [-0.39, 0.29) is 31.3 Å². The molecule has 5 nitrogen and oxygen atoms in total. The summed E-state index contributed by atoms with van der Waals surface area (Å²) in [6.45, 7) is 3.98. The van der Waals surface area contributed by atoms with Gasteiger partial charge in [0.05, 0.1) is 0 Å². The summed E-state index contributed by atoms with van der Waals surface area (Å²) in [5, 5.41) is 0. The van der Waals surface area contributed by atoms with Crippen LogP contribution in [0.15, 0.2) is 30.3 Å². The zero-order valence-corrected chi connectivity index (χ0v) is 15.0. The Balaban J connectivity index is 1.72. The van der Waals surface area contributed by atoms with Crippen LogP contribution in [0.3, 0.4) is 0 Å². The van der Waals surface area contributed by atoms with E-state index in [0.717, 1.165) is 0 Å². The molecule has 2 bridgehead atoms. The smallest absolute Gasteiger partial charge is 0.412 e. The van der Waals surface area contributed by atoms with Crippen LogP contribution >= 0.6 is 0 Å². The Morgan fingerprint density at radius 2 is 1.80 bits per heavy atom. The Kier molecular flexibility index (Phi) is 5.61. The van der Waals surface area contributed by atoms with E-state index in [2.05, 4.69) is 24.3 Å². The molecule has 25 heavy (non-hydrogen) atoms. The number of amides is 1. The Bertz CT molecular complexity index is 603. The molecule has 0 heterocycles. The second-order valence-corrected chi connectivity index (χ2v) is 6.94. The van der Waals surface area contributed by atoms with Crippen molar-refractivity contribution in [2.24, 2.45) is 11.8 Å². The lowest BCUT2D eigenvalue weighted by Gasteiger charge is -2.39. The number of benzene rings is 1. The highest BCUT2D eigenvalue weighted by Crippen LogP contribution is 2.54. The Labute approximate surface area is 149 Å². The average Bonchev–Trinajstić information content (AvgIpc) is 3.24. The van der Waals surface area contributed by atoms with Gasteiger partial charge in [-0.2, -0.15) is 0 Å². The number of fused-ring (bicyclic) bond motifs is 2. The van der Waals surface area contributed by atoms with E-state index in [0.29, 0.717) is 24.3 Å². The molecule has 2 aliphatic rings. The Hall–Kier alpha value is -2.04. The molecule has 1 aromatic rings. The highest BCUT2D eigenvalue weighted by molar-refractivity contribution is 5.70. The van der Waals surface area contributed by atoms with E-state index < -0.39 is 0 Å². The first-order valence-corrected chi connectivity index (χ1v) is 9.29. The van der Waals surface area contributed by atoms with E-state index in [1.807, 2.05) is 17.9 Å². The van der Waals surface area contributed by atoms with E-state index in [9.17, 15) is 9.59 Å². The molecule has 0 saturated heterocycles. The van der Waals surface area contributed by atoms with Crippen LogP contribution in [0.1, 0.15) is 51.0 Å². The summed E-state index contributed by atoms with van der Waals surface area (Å²) >= 11 is 0. The summed E-state index contributed by atoms with van der Waals surface area (Å²) in [6.07, 6.45) is 3.48. The predicted octanol–water partition coefficient (Wildman–Crippen LogP) is 3.94. The third kappa shape index (κ3) is 3.65. The zero-order chi connectivity index (χ0) is 17.8. The number of nitrogens with zero attached hydrogens (tertiary/aromatic N) is 1. The first-order chi connectivity index (χ1) is 12.2. The second-order valence-electron chi connectivity index (χ2n) is 6.94. The van der Waals surface area contributed by atoms with Crippen LogP contribution in [0.25, 0.3) is 0 Å². The fraction of sp³-hybridized carbons (Fsp3) is 0.600. The number of carbonyl (C=O) groups excluding carboxylic acids is 2. The minimum Gasteiger partial charge on any atom is -0.428 e. The van der Waals surface area contributed by atoms with Crippen molar-refractivity contribution in [2.45, 2.75) is 51.5 Å². The quantitative estimate of drug-likeness (QED) is 0.579. The minimum absolute atomic E-state index is 0.167. The van der Waals surface area contributed by atoms with Gasteiger partial charge in [0.15, 0.2) is 0 Å². The largest absolute Gasteiger partial charge is 0.428 e. The first-order valence-electron chi connectivity index (χ1n) is 9.29. The van der Waals surface area contributed by atoms with Crippen molar-refractivity contribution in [2.75, 3.05) is 13.3 Å². The van der Waals surface area contributed by atoms with Gasteiger partial charge in [-0.3, -0.25) is 4.79 Å². The summed E-state index contributed by atoms with van der Waals surface area (Å²) in [4.78, 5) is 25.6. The lowest BCUT2D eigenvalue weighted by atomic mass is 9.79. The Morgan fingerprint density at radius 3 is 2.48 bits per heavy atom. The number of carbonyl (C=O) groups is 2. The molecular weight excluding hydrogens is 318 g/mol. The lowest BCUT2D eigenvalue weighted by Crippen LogP contribution is -2.47. The molecule has 2 saturated carbocycles. The fourth-order valence-corrected chi connectivity index (χ4v) is 4.65. The van der Waals surface area contributed by atoms with Crippen LogP contribution in [0.5, 0.6) is 0 Å². The fourth-order valence-electron chi connectivity index (χ4n) is 4.65. The van der Waals surface area contributed by atoms with Gasteiger partial charge >= 0.3 is 12.1 Å². The third-order valence-corrected chi connectivity index (χ3v) is 5.68. The van der Waals surface area contributed by atoms with Crippen molar-refractivity contribution in [3.63, 3.8) is 0 Å². The van der Waals surface area contributed by atoms with Crippen molar-refractivity contribution in [1.29, 1.82) is 0 Å². The van der Waals surface area contributed by atoms with Gasteiger partial charge in [0, 0.05) is 24.9 Å². The summed E-state index contributed by atoms with van der Waals surface area (Å²) in [5.74, 6) is 1.17. The summed E-state index contributed by atoms with van der Waals surface area (Å²) in [7, 11) is 0. The molecule has 0 spiro atoms. The molecule has 0 aliphatic heterocycles. The normalized spacial score (nSPS) is 27.1. The molecule has 136 valence electrons. The molecule has 2 aliphatic carbocycles. The Morgan fingerprint density at radius 1 is 1.08 bits per heavy atom. The summed E-state index contributed by atoms with van der Waals surface area (Å²) < 4.78 is 10.1. The molecule has 1 amide bonds. The van der Waals surface area contributed by atoms with Crippen molar-refractivity contribution < 1.29 is 19.1 Å². The van der Waals surface area contributed by atoms with Gasteiger partial charge in [-0.05, 0) is 43.6 Å². The highest BCUT2D eigenvalue weighted by Gasteiger charge is 2.51. The number of rotatable bonds is 6. The molecule has 4 atom stereocenters. The number of hydrogen-bond donors (Lipinski definition) is 0.